The second-order valence-electron chi connectivity index (χ2n) is 9.21. The van der Waals surface area contributed by atoms with Gasteiger partial charge in [-0.05, 0) is 43.2 Å². The number of benzene rings is 3. The summed E-state index contributed by atoms with van der Waals surface area (Å²) in [6.45, 7) is 1.22. The van der Waals surface area contributed by atoms with Crippen molar-refractivity contribution in [2.75, 3.05) is 20.3 Å². The molecule has 1 aromatic heterocycles. The summed E-state index contributed by atoms with van der Waals surface area (Å²) in [5.74, 6) is 0.845. The fraction of sp³-hybridized carbons (Fsp3) is 0.267. The maximum Gasteiger partial charge on any atom is 0.254 e. The van der Waals surface area contributed by atoms with Crippen LogP contribution in [0.2, 0.25) is 0 Å². The Bertz CT molecular complexity index is 1400. The summed E-state index contributed by atoms with van der Waals surface area (Å²) in [6.07, 6.45) is 1.70. The Kier molecular flexibility index (Phi) is 7.70. The maximum absolute atomic E-state index is 14.0. The lowest BCUT2D eigenvalue weighted by molar-refractivity contribution is 0.0506. The maximum atomic E-state index is 14.0. The monoisotopic (exact) mass is 515 g/mol. The molecule has 1 aliphatic rings. The fourth-order valence-corrected chi connectivity index (χ4v) is 4.71. The Balaban J connectivity index is 1.58. The summed E-state index contributed by atoms with van der Waals surface area (Å²) in [4.78, 5) is 15.4. The van der Waals surface area contributed by atoms with Crippen molar-refractivity contribution in [1.82, 2.24) is 14.7 Å². The highest BCUT2D eigenvalue weighted by Gasteiger charge is 2.28. The first-order chi connectivity index (χ1) is 18.5. The highest BCUT2D eigenvalue weighted by Crippen LogP contribution is 2.37. The van der Waals surface area contributed by atoms with E-state index in [1.54, 1.807) is 35.9 Å². The standard InChI is InChI=1S/C30H30FN3O4/c1-33-30(38-27-16-7-6-15-26(27)36-2)25(28(32-33)21-10-4-3-5-11-21)20-34(19-24-14-9-17-37-24)29(35)22-12-8-13-23(31)18-22/h3-8,10-13,15-16,18,24H,9,14,17,19-20H2,1-2H3/t24-/m0/s1. The largest absolute Gasteiger partial charge is 0.493 e. The molecule has 0 saturated carbocycles. The zero-order valence-corrected chi connectivity index (χ0v) is 21.5. The summed E-state index contributed by atoms with van der Waals surface area (Å²) in [7, 11) is 3.39. The highest BCUT2D eigenvalue weighted by molar-refractivity contribution is 5.94. The van der Waals surface area contributed by atoms with Gasteiger partial charge in [0.25, 0.3) is 5.91 Å². The van der Waals surface area contributed by atoms with E-state index in [0.717, 1.165) is 24.0 Å². The molecule has 0 spiro atoms. The molecule has 2 heterocycles. The molecule has 3 aromatic carbocycles. The number of halogens is 1. The predicted molar refractivity (Wildman–Crippen MR) is 142 cm³/mol. The molecule has 1 fully saturated rings. The first-order valence-electron chi connectivity index (χ1n) is 12.6. The lowest BCUT2D eigenvalue weighted by Crippen LogP contribution is -2.37. The Hall–Kier alpha value is -4.17. The lowest BCUT2D eigenvalue weighted by atomic mass is 10.1. The van der Waals surface area contributed by atoms with E-state index in [9.17, 15) is 9.18 Å². The number of methoxy groups -OCH3 is 1. The number of nitrogens with zero attached hydrogens (tertiary/aromatic N) is 3. The quantitative estimate of drug-likeness (QED) is 0.280. The van der Waals surface area contributed by atoms with Crippen LogP contribution in [-0.4, -0.2) is 47.0 Å². The summed E-state index contributed by atoms with van der Waals surface area (Å²) in [5, 5.41) is 4.79. The van der Waals surface area contributed by atoms with E-state index in [1.807, 2.05) is 54.6 Å². The number of aryl methyl sites for hydroxylation is 1. The van der Waals surface area contributed by atoms with Crippen molar-refractivity contribution in [2.45, 2.75) is 25.5 Å². The molecule has 1 atom stereocenters. The van der Waals surface area contributed by atoms with Crippen LogP contribution in [0.15, 0.2) is 78.9 Å². The molecule has 0 aliphatic carbocycles. The van der Waals surface area contributed by atoms with E-state index in [2.05, 4.69) is 0 Å². The molecule has 4 aromatic rings. The smallest absolute Gasteiger partial charge is 0.254 e. The van der Waals surface area contributed by atoms with Gasteiger partial charge in [0.05, 0.1) is 25.3 Å². The SMILES string of the molecule is COc1ccccc1Oc1c(CN(C[C@@H]2CCCO2)C(=O)c2cccc(F)c2)c(-c2ccccc2)nn1C. The predicted octanol–water partition coefficient (Wildman–Crippen LogP) is 5.85. The molecule has 196 valence electrons. The van der Waals surface area contributed by atoms with Gasteiger partial charge in [0, 0.05) is 31.3 Å². The van der Waals surface area contributed by atoms with Crippen molar-refractivity contribution in [3.05, 3.63) is 95.8 Å². The minimum atomic E-state index is -0.459. The van der Waals surface area contributed by atoms with Gasteiger partial charge in [0.15, 0.2) is 11.5 Å². The number of hydrogen-bond donors (Lipinski definition) is 0. The van der Waals surface area contributed by atoms with Crippen molar-refractivity contribution < 1.29 is 23.4 Å². The van der Waals surface area contributed by atoms with Crippen LogP contribution in [0.1, 0.15) is 28.8 Å². The van der Waals surface area contributed by atoms with Crippen LogP contribution >= 0.6 is 0 Å². The number of hydrogen-bond acceptors (Lipinski definition) is 5. The number of carbonyl (C=O) groups excluding carboxylic acids is 1. The molecule has 0 unspecified atom stereocenters. The number of amides is 1. The molecule has 1 aliphatic heterocycles. The van der Waals surface area contributed by atoms with Crippen LogP contribution in [0.5, 0.6) is 17.4 Å². The number of rotatable bonds is 9. The van der Waals surface area contributed by atoms with E-state index >= 15 is 0 Å². The van der Waals surface area contributed by atoms with E-state index in [1.165, 1.54) is 12.1 Å². The molecule has 7 nitrogen and oxygen atoms in total. The van der Waals surface area contributed by atoms with E-state index in [-0.39, 0.29) is 24.1 Å². The van der Waals surface area contributed by atoms with Crippen LogP contribution in [-0.2, 0) is 18.3 Å². The van der Waals surface area contributed by atoms with Gasteiger partial charge in [-0.2, -0.15) is 5.10 Å². The van der Waals surface area contributed by atoms with E-state index in [0.29, 0.717) is 36.2 Å². The molecule has 0 N–H and O–H groups in total. The zero-order chi connectivity index (χ0) is 26.5. The average molecular weight is 516 g/mol. The van der Waals surface area contributed by atoms with Crippen LogP contribution in [0.25, 0.3) is 11.3 Å². The first kappa shape index (κ1) is 25.5. The Morgan fingerprint density at radius 3 is 2.55 bits per heavy atom. The summed E-state index contributed by atoms with van der Waals surface area (Å²) >= 11 is 0. The minimum Gasteiger partial charge on any atom is -0.493 e. The van der Waals surface area contributed by atoms with Gasteiger partial charge in [-0.25, -0.2) is 9.07 Å². The highest BCUT2D eigenvalue weighted by atomic mass is 19.1. The molecular weight excluding hydrogens is 485 g/mol. The number of para-hydroxylation sites is 2. The van der Waals surface area contributed by atoms with Crippen LogP contribution in [0.3, 0.4) is 0 Å². The topological polar surface area (TPSA) is 65.8 Å². The summed E-state index contributed by atoms with van der Waals surface area (Å²) < 4.78 is 33.5. The molecule has 5 rings (SSSR count). The Labute approximate surface area is 221 Å². The van der Waals surface area contributed by atoms with Gasteiger partial charge in [0.1, 0.15) is 11.5 Å². The van der Waals surface area contributed by atoms with Gasteiger partial charge in [-0.3, -0.25) is 4.79 Å². The molecule has 0 radical (unpaired) electrons. The third kappa shape index (κ3) is 5.55. The van der Waals surface area contributed by atoms with Crippen molar-refractivity contribution in [1.29, 1.82) is 0 Å². The third-order valence-corrected chi connectivity index (χ3v) is 6.57. The average Bonchev–Trinajstić information content (AvgIpc) is 3.57. The van der Waals surface area contributed by atoms with E-state index < -0.39 is 5.82 Å². The Morgan fingerprint density at radius 1 is 1.08 bits per heavy atom. The molecule has 8 heteroatoms. The van der Waals surface area contributed by atoms with Crippen LogP contribution in [0.4, 0.5) is 4.39 Å². The molecule has 1 amide bonds. The van der Waals surface area contributed by atoms with Gasteiger partial charge in [-0.1, -0.05) is 48.5 Å². The number of aromatic nitrogens is 2. The van der Waals surface area contributed by atoms with Crippen molar-refractivity contribution in [2.24, 2.45) is 7.05 Å². The van der Waals surface area contributed by atoms with Crippen LogP contribution < -0.4 is 9.47 Å². The summed E-state index contributed by atoms with van der Waals surface area (Å²) in [6, 6.07) is 22.9. The summed E-state index contributed by atoms with van der Waals surface area (Å²) in [5.41, 5.74) is 2.60. The van der Waals surface area contributed by atoms with Gasteiger partial charge < -0.3 is 19.1 Å². The second-order valence-corrected chi connectivity index (χ2v) is 9.21. The van der Waals surface area contributed by atoms with Crippen molar-refractivity contribution in [3.63, 3.8) is 0 Å². The van der Waals surface area contributed by atoms with Crippen molar-refractivity contribution >= 4 is 5.91 Å². The van der Waals surface area contributed by atoms with Crippen LogP contribution in [0, 0.1) is 5.82 Å². The normalized spacial score (nSPS) is 14.9. The van der Waals surface area contributed by atoms with Crippen molar-refractivity contribution in [3.8, 4) is 28.6 Å². The third-order valence-electron chi connectivity index (χ3n) is 6.57. The number of carbonyl (C=O) groups is 1. The lowest BCUT2D eigenvalue weighted by Gasteiger charge is -2.26. The molecular formula is C30H30FN3O4. The second kappa shape index (κ2) is 11.5. The molecule has 0 bridgehead atoms. The zero-order valence-electron chi connectivity index (χ0n) is 21.5. The fourth-order valence-electron chi connectivity index (χ4n) is 4.71. The first-order valence-corrected chi connectivity index (χ1v) is 12.6. The van der Waals surface area contributed by atoms with Gasteiger partial charge in [-0.15, -0.1) is 0 Å². The van der Waals surface area contributed by atoms with Gasteiger partial charge in [0.2, 0.25) is 5.88 Å². The van der Waals surface area contributed by atoms with E-state index in [4.69, 9.17) is 19.3 Å². The number of ether oxygens (including phenoxy) is 3. The molecule has 1 saturated heterocycles. The minimum absolute atomic E-state index is 0.0945. The van der Waals surface area contributed by atoms with Gasteiger partial charge >= 0.3 is 0 Å². The molecule has 38 heavy (non-hydrogen) atoms. The Morgan fingerprint density at radius 2 is 1.84 bits per heavy atom.